The third kappa shape index (κ3) is 3.41. The predicted octanol–water partition coefficient (Wildman–Crippen LogP) is 2.89. The van der Waals surface area contributed by atoms with Crippen LogP contribution >= 0.6 is 0 Å². The fraction of sp³-hybridized carbons (Fsp3) is 0.389. The van der Waals surface area contributed by atoms with Crippen molar-refractivity contribution in [3.05, 3.63) is 36.3 Å². The van der Waals surface area contributed by atoms with Crippen LogP contribution in [0.2, 0.25) is 0 Å². The lowest BCUT2D eigenvalue weighted by Gasteiger charge is -2.28. The van der Waals surface area contributed by atoms with Crippen LogP contribution in [0.4, 0.5) is 17.2 Å². The molecule has 0 atom stereocenters. The molecule has 1 aliphatic heterocycles. The van der Waals surface area contributed by atoms with Crippen molar-refractivity contribution in [2.24, 2.45) is 0 Å². The van der Waals surface area contributed by atoms with Gasteiger partial charge in [-0.3, -0.25) is 5.10 Å². The first-order valence-corrected chi connectivity index (χ1v) is 8.73. The summed E-state index contributed by atoms with van der Waals surface area (Å²) in [5.41, 5.74) is 3.88. The van der Waals surface area contributed by atoms with Crippen LogP contribution in [0.25, 0.3) is 11.0 Å². The van der Waals surface area contributed by atoms with Gasteiger partial charge in [-0.15, -0.1) is 0 Å². The summed E-state index contributed by atoms with van der Waals surface area (Å²) >= 11 is 0. The molecule has 1 aliphatic rings. The third-order valence-corrected chi connectivity index (χ3v) is 4.33. The number of morpholine rings is 1. The number of aromatic nitrogens is 4. The van der Waals surface area contributed by atoms with E-state index in [2.05, 4.69) is 61.6 Å². The van der Waals surface area contributed by atoms with Gasteiger partial charge in [0.05, 0.1) is 19.4 Å². The highest BCUT2D eigenvalue weighted by Gasteiger charge is 2.12. The molecule has 25 heavy (non-hydrogen) atoms. The number of aromatic amines is 1. The molecule has 7 heteroatoms. The van der Waals surface area contributed by atoms with Crippen LogP contribution in [-0.2, 0) is 11.2 Å². The zero-order valence-electron chi connectivity index (χ0n) is 14.3. The van der Waals surface area contributed by atoms with Crippen LogP contribution < -0.4 is 10.2 Å². The summed E-state index contributed by atoms with van der Waals surface area (Å²) in [5, 5.41) is 10.5. The maximum Gasteiger partial charge on any atom is 0.160 e. The Morgan fingerprint density at radius 2 is 1.96 bits per heavy atom. The number of nitrogens with zero attached hydrogens (tertiary/aromatic N) is 4. The van der Waals surface area contributed by atoms with E-state index in [-0.39, 0.29) is 0 Å². The average Bonchev–Trinajstić information content (AvgIpc) is 3.12. The summed E-state index contributed by atoms with van der Waals surface area (Å²) in [5.74, 6) is 1.61. The summed E-state index contributed by atoms with van der Waals surface area (Å²) in [6.07, 6.45) is 3.60. The molecular weight excluding hydrogens is 316 g/mol. The molecule has 0 radical (unpaired) electrons. The van der Waals surface area contributed by atoms with Gasteiger partial charge in [0, 0.05) is 30.9 Å². The molecule has 1 saturated heterocycles. The van der Waals surface area contributed by atoms with Crippen molar-refractivity contribution >= 4 is 28.2 Å². The van der Waals surface area contributed by atoms with E-state index in [9.17, 15) is 0 Å². The third-order valence-electron chi connectivity index (χ3n) is 4.33. The molecule has 2 aromatic heterocycles. The number of anilines is 3. The van der Waals surface area contributed by atoms with Gasteiger partial charge in [0.25, 0.3) is 0 Å². The molecule has 130 valence electrons. The van der Waals surface area contributed by atoms with Gasteiger partial charge >= 0.3 is 0 Å². The van der Waals surface area contributed by atoms with Crippen molar-refractivity contribution in [3.63, 3.8) is 0 Å². The number of hydrogen-bond donors (Lipinski definition) is 2. The largest absolute Gasteiger partial charge is 0.378 e. The van der Waals surface area contributed by atoms with Crippen LogP contribution in [0.3, 0.4) is 0 Å². The van der Waals surface area contributed by atoms with Crippen molar-refractivity contribution in [2.45, 2.75) is 19.8 Å². The molecule has 1 fully saturated rings. The predicted molar refractivity (Wildman–Crippen MR) is 98.4 cm³/mol. The molecule has 0 bridgehead atoms. The number of ether oxygens (including phenoxy) is 1. The van der Waals surface area contributed by atoms with E-state index in [0.717, 1.165) is 67.5 Å². The Labute approximate surface area is 146 Å². The maximum absolute atomic E-state index is 5.41. The van der Waals surface area contributed by atoms with Gasteiger partial charge in [-0.1, -0.05) is 6.92 Å². The molecule has 1 aromatic carbocycles. The molecule has 0 aliphatic carbocycles. The Balaban J connectivity index is 1.57. The number of hydrogen-bond acceptors (Lipinski definition) is 6. The molecule has 4 rings (SSSR count). The monoisotopic (exact) mass is 338 g/mol. The summed E-state index contributed by atoms with van der Waals surface area (Å²) < 4.78 is 5.41. The minimum atomic E-state index is 0.769. The van der Waals surface area contributed by atoms with Gasteiger partial charge in [0.15, 0.2) is 5.82 Å². The summed E-state index contributed by atoms with van der Waals surface area (Å²) in [4.78, 5) is 11.5. The molecule has 3 aromatic rings. The average molecular weight is 338 g/mol. The Hall–Kier alpha value is -2.67. The number of H-pyrrole nitrogens is 1. The zero-order chi connectivity index (χ0) is 17.1. The minimum Gasteiger partial charge on any atom is -0.378 e. The molecule has 0 amide bonds. The van der Waals surface area contributed by atoms with Crippen LogP contribution in [0.5, 0.6) is 0 Å². The lowest BCUT2D eigenvalue weighted by molar-refractivity contribution is 0.122. The smallest absolute Gasteiger partial charge is 0.160 e. The molecule has 2 N–H and O–H groups in total. The number of benzene rings is 1. The highest BCUT2D eigenvalue weighted by molar-refractivity contribution is 5.86. The lowest BCUT2D eigenvalue weighted by Crippen LogP contribution is -2.36. The number of fused-ring (bicyclic) bond motifs is 1. The highest BCUT2D eigenvalue weighted by atomic mass is 16.5. The lowest BCUT2D eigenvalue weighted by atomic mass is 10.2. The molecule has 0 spiro atoms. The van der Waals surface area contributed by atoms with Gasteiger partial charge in [-0.25, -0.2) is 9.97 Å². The Kier molecular flexibility index (Phi) is 4.47. The fourth-order valence-electron chi connectivity index (χ4n) is 3.03. The van der Waals surface area contributed by atoms with E-state index in [1.54, 1.807) is 6.20 Å². The van der Waals surface area contributed by atoms with E-state index < -0.39 is 0 Å². The Morgan fingerprint density at radius 3 is 2.72 bits per heavy atom. The van der Waals surface area contributed by atoms with Gasteiger partial charge in [-0.2, -0.15) is 5.10 Å². The van der Waals surface area contributed by atoms with Crippen LogP contribution in [0, 0.1) is 0 Å². The first kappa shape index (κ1) is 15.8. The van der Waals surface area contributed by atoms with E-state index in [1.165, 1.54) is 5.69 Å². The SMILES string of the molecule is CCCc1nc(Nc2ccc(N3CCOCC3)cc2)c2[nH]ncc2n1. The molecular formula is C18H22N6O. The summed E-state index contributed by atoms with van der Waals surface area (Å²) in [6.45, 7) is 5.58. The zero-order valence-corrected chi connectivity index (χ0v) is 14.3. The maximum atomic E-state index is 5.41. The Bertz CT molecular complexity index is 838. The van der Waals surface area contributed by atoms with E-state index >= 15 is 0 Å². The normalized spacial score (nSPS) is 14.8. The van der Waals surface area contributed by atoms with Crippen molar-refractivity contribution in [1.29, 1.82) is 0 Å². The standard InChI is InChI=1S/C18H22N6O/c1-2-3-16-21-15-12-19-23-17(15)18(22-16)20-13-4-6-14(7-5-13)24-8-10-25-11-9-24/h4-7,12H,2-3,8-11H2,1H3,(H,19,23)(H,20,21,22). The van der Waals surface area contributed by atoms with Crippen molar-refractivity contribution in [3.8, 4) is 0 Å². The molecule has 0 saturated carbocycles. The second kappa shape index (κ2) is 7.06. The summed E-state index contributed by atoms with van der Waals surface area (Å²) in [7, 11) is 0. The topological polar surface area (TPSA) is 79.0 Å². The van der Waals surface area contributed by atoms with E-state index in [1.807, 2.05) is 0 Å². The summed E-state index contributed by atoms with van der Waals surface area (Å²) in [6, 6.07) is 8.42. The quantitative estimate of drug-likeness (QED) is 0.745. The van der Waals surface area contributed by atoms with Crippen molar-refractivity contribution < 1.29 is 4.74 Å². The molecule has 7 nitrogen and oxygen atoms in total. The Morgan fingerprint density at radius 1 is 1.16 bits per heavy atom. The van der Waals surface area contributed by atoms with Crippen molar-refractivity contribution in [2.75, 3.05) is 36.5 Å². The minimum absolute atomic E-state index is 0.769. The number of aryl methyl sites for hydroxylation is 1. The second-order valence-electron chi connectivity index (χ2n) is 6.14. The number of nitrogens with one attached hydrogen (secondary N) is 2. The fourth-order valence-corrected chi connectivity index (χ4v) is 3.03. The van der Waals surface area contributed by atoms with Gasteiger partial charge in [-0.05, 0) is 30.7 Å². The molecule has 3 heterocycles. The van der Waals surface area contributed by atoms with Gasteiger partial charge in [0.2, 0.25) is 0 Å². The van der Waals surface area contributed by atoms with Gasteiger partial charge in [0.1, 0.15) is 16.9 Å². The second-order valence-corrected chi connectivity index (χ2v) is 6.14. The number of rotatable bonds is 5. The van der Waals surface area contributed by atoms with Crippen LogP contribution in [-0.4, -0.2) is 46.5 Å². The van der Waals surface area contributed by atoms with E-state index in [4.69, 9.17) is 4.74 Å². The highest BCUT2D eigenvalue weighted by Crippen LogP contribution is 2.24. The van der Waals surface area contributed by atoms with Crippen LogP contribution in [0.1, 0.15) is 19.2 Å². The first-order valence-electron chi connectivity index (χ1n) is 8.73. The van der Waals surface area contributed by atoms with Crippen LogP contribution in [0.15, 0.2) is 30.5 Å². The molecule has 0 unspecified atom stereocenters. The van der Waals surface area contributed by atoms with Gasteiger partial charge < -0.3 is 15.0 Å². The van der Waals surface area contributed by atoms with E-state index in [0.29, 0.717) is 0 Å². The first-order chi connectivity index (χ1) is 12.3. The van der Waals surface area contributed by atoms with Crippen molar-refractivity contribution in [1.82, 2.24) is 20.2 Å².